The van der Waals surface area contributed by atoms with Gasteiger partial charge < -0.3 is 4.57 Å². The van der Waals surface area contributed by atoms with Gasteiger partial charge in [-0.25, -0.2) is 5.43 Å². The highest BCUT2D eigenvalue weighted by Crippen LogP contribution is 2.36. The van der Waals surface area contributed by atoms with Crippen LogP contribution in [0.4, 0.5) is 0 Å². The van der Waals surface area contributed by atoms with E-state index in [1.807, 2.05) is 53.4 Å². The summed E-state index contributed by atoms with van der Waals surface area (Å²) in [5.41, 5.74) is 5.59. The topological polar surface area (TPSA) is 46.4 Å². The maximum atomic E-state index is 12.6. The highest BCUT2D eigenvalue weighted by atomic mass is 16.2. The molecule has 1 fully saturated rings. The molecule has 3 rings (SSSR count). The second-order valence-corrected chi connectivity index (χ2v) is 7.58. The van der Waals surface area contributed by atoms with Crippen LogP contribution in [0.2, 0.25) is 0 Å². The summed E-state index contributed by atoms with van der Waals surface area (Å²) in [6, 6.07) is 11.5. The van der Waals surface area contributed by atoms with E-state index >= 15 is 0 Å². The van der Waals surface area contributed by atoms with Crippen LogP contribution in [-0.2, 0) is 0 Å². The minimum Gasteiger partial charge on any atom is -0.323 e. The average molecular weight is 323 g/mol. The largest absolute Gasteiger partial charge is 0.323 e. The molecule has 126 valence electrons. The lowest BCUT2D eigenvalue weighted by Gasteiger charge is -2.34. The molecule has 1 aromatic heterocycles. The second-order valence-electron chi connectivity index (χ2n) is 7.58. The second kappa shape index (κ2) is 6.63. The van der Waals surface area contributed by atoms with Crippen LogP contribution >= 0.6 is 0 Å². The molecule has 1 amide bonds. The molecule has 0 spiro atoms. The van der Waals surface area contributed by atoms with Crippen molar-refractivity contribution < 1.29 is 4.79 Å². The Bertz CT molecular complexity index is 744. The van der Waals surface area contributed by atoms with Crippen molar-refractivity contribution in [3.63, 3.8) is 0 Å². The molecule has 1 atom stereocenters. The maximum Gasteiger partial charge on any atom is 0.273 e. The van der Waals surface area contributed by atoms with Crippen molar-refractivity contribution in [3.8, 4) is 5.69 Å². The van der Waals surface area contributed by atoms with Gasteiger partial charge in [-0.2, -0.15) is 5.10 Å². The van der Waals surface area contributed by atoms with Gasteiger partial charge in [-0.05, 0) is 54.9 Å². The summed E-state index contributed by atoms with van der Waals surface area (Å²) in [5, 5.41) is 4.44. The monoisotopic (exact) mass is 323 g/mol. The molecule has 0 radical (unpaired) electrons. The van der Waals surface area contributed by atoms with E-state index in [0.717, 1.165) is 24.2 Å². The van der Waals surface area contributed by atoms with Gasteiger partial charge in [0.05, 0.1) is 11.3 Å². The molecule has 2 aromatic rings. The molecule has 0 aliphatic heterocycles. The Balaban J connectivity index is 1.78. The zero-order valence-corrected chi connectivity index (χ0v) is 14.6. The highest BCUT2D eigenvalue weighted by molar-refractivity contribution is 5.98. The van der Waals surface area contributed by atoms with Crippen molar-refractivity contribution in [1.82, 2.24) is 9.99 Å². The Labute approximate surface area is 143 Å². The fourth-order valence-corrected chi connectivity index (χ4v) is 3.78. The number of carbonyl (C=O) groups excluding carboxylic acids is 1. The normalized spacial score (nSPS) is 21.6. The Hall–Kier alpha value is -2.36. The smallest absolute Gasteiger partial charge is 0.273 e. The Kier molecular flexibility index (Phi) is 4.56. The molecule has 24 heavy (non-hydrogen) atoms. The molecule has 1 heterocycles. The predicted molar refractivity (Wildman–Crippen MR) is 97.5 cm³/mol. The van der Waals surface area contributed by atoms with E-state index in [9.17, 15) is 4.79 Å². The SMILES string of the molecule is C[C@@H]1C/C(=N\NC(=O)c2ccccc2-n2cccc2)CC(C)(C)C1. The molecule has 0 bridgehead atoms. The molecule has 1 aliphatic carbocycles. The number of nitrogens with zero attached hydrogens (tertiary/aromatic N) is 2. The Morgan fingerprint density at radius 2 is 1.92 bits per heavy atom. The van der Waals surface area contributed by atoms with Crippen LogP contribution in [-0.4, -0.2) is 16.2 Å². The molecule has 4 nitrogen and oxygen atoms in total. The van der Waals surface area contributed by atoms with Gasteiger partial charge in [0.15, 0.2) is 0 Å². The number of amides is 1. The number of aromatic nitrogens is 1. The molecule has 1 N–H and O–H groups in total. The van der Waals surface area contributed by atoms with Crippen LogP contribution in [0.15, 0.2) is 53.9 Å². The third kappa shape index (κ3) is 3.75. The van der Waals surface area contributed by atoms with Gasteiger partial charge in [-0.3, -0.25) is 4.79 Å². The van der Waals surface area contributed by atoms with Crippen LogP contribution in [0.3, 0.4) is 0 Å². The quantitative estimate of drug-likeness (QED) is 0.836. The van der Waals surface area contributed by atoms with Crippen LogP contribution in [0, 0.1) is 11.3 Å². The summed E-state index contributed by atoms with van der Waals surface area (Å²) >= 11 is 0. The Morgan fingerprint density at radius 1 is 1.21 bits per heavy atom. The minimum absolute atomic E-state index is 0.164. The van der Waals surface area contributed by atoms with Gasteiger partial charge in [0, 0.05) is 18.1 Å². The fourth-order valence-electron chi connectivity index (χ4n) is 3.78. The third-order valence-electron chi connectivity index (χ3n) is 4.51. The number of benzene rings is 1. The summed E-state index contributed by atoms with van der Waals surface area (Å²) in [6.07, 6.45) is 6.98. The molecule has 0 unspecified atom stereocenters. The van der Waals surface area contributed by atoms with Gasteiger partial charge in [-0.15, -0.1) is 0 Å². The first-order valence-electron chi connectivity index (χ1n) is 8.53. The number of rotatable bonds is 3. The first-order valence-corrected chi connectivity index (χ1v) is 8.53. The molecule has 1 aromatic carbocycles. The van der Waals surface area contributed by atoms with Crippen LogP contribution in [0.5, 0.6) is 0 Å². The van der Waals surface area contributed by atoms with Crippen LogP contribution in [0.1, 0.15) is 50.4 Å². The third-order valence-corrected chi connectivity index (χ3v) is 4.51. The van der Waals surface area contributed by atoms with Crippen molar-refractivity contribution >= 4 is 11.6 Å². The van der Waals surface area contributed by atoms with E-state index in [1.165, 1.54) is 6.42 Å². The number of hydrogen-bond donors (Lipinski definition) is 1. The summed E-state index contributed by atoms with van der Waals surface area (Å²) in [4.78, 5) is 12.6. The van der Waals surface area contributed by atoms with Crippen LogP contribution < -0.4 is 5.43 Å². The lowest BCUT2D eigenvalue weighted by atomic mass is 9.72. The van der Waals surface area contributed by atoms with Crippen molar-refractivity contribution in [2.24, 2.45) is 16.4 Å². The van der Waals surface area contributed by atoms with Gasteiger partial charge in [0.2, 0.25) is 0 Å². The molecule has 1 saturated carbocycles. The van der Waals surface area contributed by atoms with Gasteiger partial charge in [0.25, 0.3) is 5.91 Å². The zero-order chi connectivity index (χ0) is 17.2. The summed E-state index contributed by atoms with van der Waals surface area (Å²) < 4.78 is 1.94. The van der Waals surface area contributed by atoms with E-state index in [0.29, 0.717) is 11.5 Å². The minimum atomic E-state index is -0.164. The highest BCUT2D eigenvalue weighted by Gasteiger charge is 2.29. The number of nitrogens with one attached hydrogen (secondary N) is 1. The van der Waals surface area contributed by atoms with Crippen LogP contribution in [0.25, 0.3) is 5.69 Å². The molecule has 0 saturated heterocycles. The summed E-state index contributed by atoms with van der Waals surface area (Å²) in [7, 11) is 0. The van der Waals surface area contributed by atoms with Gasteiger partial charge in [0.1, 0.15) is 0 Å². The lowest BCUT2D eigenvalue weighted by molar-refractivity contribution is 0.0954. The van der Waals surface area contributed by atoms with E-state index in [4.69, 9.17) is 0 Å². The molecular weight excluding hydrogens is 298 g/mol. The lowest BCUT2D eigenvalue weighted by Crippen LogP contribution is -2.30. The molecular formula is C20H25N3O. The maximum absolute atomic E-state index is 12.6. The van der Waals surface area contributed by atoms with Crippen molar-refractivity contribution in [2.45, 2.75) is 40.0 Å². The van der Waals surface area contributed by atoms with Gasteiger partial charge in [-0.1, -0.05) is 32.9 Å². The number of para-hydroxylation sites is 1. The number of hydrazone groups is 1. The summed E-state index contributed by atoms with van der Waals surface area (Å²) in [5.74, 6) is 0.444. The average Bonchev–Trinajstić information content (AvgIpc) is 3.05. The molecule has 4 heteroatoms. The zero-order valence-electron chi connectivity index (χ0n) is 14.6. The van der Waals surface area contributed by atoms with Gasteiger partial charge >= 0.3 is 0 Å². The van der Waals surface area contributed by atoms with Crippen molar-refractivity contribution in [2.75, 3.05) is 0 Å². The standard InChI is InChI=1S/C20H25N3O/c1-15-12-16(14-20(2,3)13-15)21-22-19(24)17-8-4-5-9-18(17)23-10-6-7-11-23/h4-11,15H,12-14H2,1-3H3,(H,22,24)/b21-16+/t15-/m1/s1. The Morgan fingerprint density at radius 3 is 2.62 bits per heavy atom. The van der Waals surface area contributed by atoms with E-state index in [-0.39, 0.29) is 11.3 Å². The van der Waals surface area contributed by atoms with E-state index < -0.39 is 0 Å². The first kappa shape index (κ1) is 16.5. The predicted octanol–water partition coefficient (Wildman–Crippen LogP) is 4.41. The van der Waals surface area contributed by atoms with Crippen molar-refractivity contribution in [1.29, 1.82) is 0 Å². The van der Waals surface area contributed by atoms with Crippen molar-refractivity contribution in [3.05, 3.63) is 54.4 Å². The number of carbonyl (C=O) groups is 1. The van der Waals surface area contributed by atoms with E-state index in [2.05, 4.69) is 31.3 Å². The fraction of sp³-hybridized carbons (Fsp3) is 0.400. The first-order chi connectivity index (χ1) is 11.4. The van der Waals surface area contributed by atoms with E-state index in [1.54, 1.807) is 0 Å². The molecule has 1 aliphatic rings. The number of hydrogen-bond acceptors (Lipinski definition) is 2. The summed E-state index contributed by atoms with van der Waals surface area (Å²) in [6.45, 7) is 6.78.